The van der Waals surface area contributed by atoms with Gasteiger partial charge in [0.15, 0.2) is 5.82 Å². The third-order valence-electron chi connectivity index (χ3n) is 4.33. The number of pyridine rings is 1. The Kier molecular flexibility index (Phi) is 4.60. The summed E-state index contributed by atoms with van der Waals surface area (Å²) in [6.07, 6.45) is 2.72. The van der Waals surface area contributed by atoms with Crippen LogP contribution in [0.15, 0.2) is 17.1 Å². The predicted octanol–water partition coefficient (Wildman–Crippen LogP) is 3.06. The first kappa shape index (κ1) is 17.5. The molecule has 0 spiro atoms. The molecule has 7 heteroatoms. The van der Waals surface area contributed by atoms with Crippen LogP contribution in [0.2, 0.25) is 0 Å². The molecule has 1 aromatic carbocycles. The van der Waals surface area contributed by atoms with Crippen molar-refractivity contribution in [2.24, 2.45) is 5.92 Å². The minimum Gasteiger partial charge on any atom is -0.477 e. The number of hydrogen-bond donors (Lipinski definition) is 2. The molecule has 1 aromatic heterocycles. The number of carboxylic acid groups (broad SMARTS) is 1. The van der Waals surface area contributed by atoms with Crippen LogP contribution in [-0.2, 0) is 6.54 Å². The Morgan fingerprint density at radius 1 is 1.40 bits per heavy atom. The summed E-state index contributed by atoms with van der Waals surface area (Å²) in [6, 6.07) is 0.899. The van der Waals surface area contributed by atoms with Crippen molar-refractivity contribution in [3.8, 4) is 0 Å². The molecule has 5 nitrogen and oxygen atoms in total. The number of benzene rings is 1. The van der Waals surface area contributed by atoms with E-state index in [9.17, 15) is 19.1 Å². The van der Waals surface area contributed by atoms with Crippen molar-refractivity contribution in [3.63, 3.8) is 0 Å². The van der Waals surface area contributed by atoms with E-state index in [2.05, 4.69) is 5.32 Å². The largest absolute Gasteiger partial charge is 0.477 e. The van der Waals surface area contributed by atoms with Crippen LogP contribution in [0.25, 0.3) is 10.9 Å². The van der Waals surface area contributed by atoms with Gasteiger partial charge in [0.05, 0.1) is 10.9 Å². The Bertz CT molecular complexity index is 902. The molecule has 25 heavy (non-hydrogen) atoms. The highest BCUT2D eigenvalue weighted by atomic mass is 19.1. The summed E-state index contributed by atoms with van der Waals surface area (Å²) >= 11 is 0. The number of rotatable bonds is 6. The molecule has 3 rings (SSSR count). The molecule has 0 saturated heterocycles. The number of carboxylic acids is 1. The lowest BCUT2D eigenvalue weighted by molar-refractivity contribution is 0.0695. The van der Waals surface area contributed by atoms with E-state index in [4.69, 9.17) is 0 Å². The van der Waals surface area contributed by atoms with Crippen molar-refractivity contribution in [3.05, 3.63) is 45.2 Å². The molecule has 1 heterocycles. The van der Waals surface area contributed by atoms with Crippen LogP contribution in [0.1, 0.15) is 48.7 Å². The summed E-state index contributed by atoms with van der Waals surface area (Å²) in [4.78, 5) is 23.6. The van der Waals surface area contributed by atoms with E-state index in [0.29, 0.717) is 12.5 Å². The molecule has 0 unspecified atom stereocenters. The zero-order valence-electron chi connectivity index (χ0n) is 14.1. The first-order valence-corrected chi connectivity index (χ1v) is 8.31. The van der Waals surface area contributed by atoms with Crippen molar-refractivity contribution in [2.45, 2.75) is 39.3 Å². The fourth-order valence-corrected chi connectivity index (χ4v) is 2.92. The number of fused-ring (bicyclic) bond motifs is 1. The maximum atomic E-state index is 15.0. The minimum atomic E-state index is -1.40. The lowest BCUT2D eigenvalue weighted by Gasteiger charge is -2.16. The van der Waals surface area contributed by atoms with E-state index in [0.717, 1.165) is 18.9 Å². The predicted molar refractivity (Wildman–Crippen MR) is 89.9 cm³/mol. The third-order valence-corrected chi connectivity index (χ3v) is 4.33. The van der Waals surface area contributed by atoms with Crippen LogP contribution in [0.5, 0.6) is 0 Å². The van der Waals surface area contributed by atoms with Gasteiger partial charge in [-0.1, -0.05) is 13.8 Å². The fraction of sp³-hybridized carbons (Fsp3) is 0.444. The Hall–Kier alpha value is -2.28. The van der Waals surface area contributed by atoms with Gasteiger partial charge in [0.1, 0.15) is 11.4 Å². The third kappa shape index (κ3) is 3.28. The van der Waals surface area contributed by atoms with Gasteiger partial charge in [0.25, 0.3) is 0 Å². The summed E-state index contributed by atoms with van der Waals surface area (Å²) in [5, 5.41) is 12.0. The Labute approximate surface area is 143 Å². The Balaban J connectivity index is 2.20. The molecule has 2 N–H and O–H groups in total. The smallest absolute Gasteiger partial charge is 0.341 e. The molecule has 0 bridgehead atoms. The van der Waals surface area contributed by atoms with Crippen molar-refractivity contribution >= 4 is 16.9 Å². The van der Waals surface area contributed by atoms with Crippen LogP contribution in [0.3, 0.4) is 0 Å². The number of aromatic carboxylic acids is 1. The molecule has 0 aliphatic heterocycles. The first-order valence-electron chi connectivity index (χ1n) is 8.31. The molecular formula is C18H20F2N2O3. The number of aromatic nitrogens is 1. The number of halogens is 2. The van der Waals surface area contributed by atoms with E-state index in [1.54, 1.807) is 0 Å². The molecule has 1 aliphatic rings. The van der Waals surface area contributed by atoms with Gasteiger partial charge >= 0.3 is 5.97 Å². The van der Waals surface area contributed by atoms with Gasteiger partial charge in [-0.2, -0.15) is 0 Å². The second-order valence-corrected chi connectivity index (χ2v) is 6.89. The number of carbonyl (C=O) groups is 1. The number of nitrogens with one attached hydrogen (secondary N) is 1. The van der Waals surface area contributed by atoms with Crippen LogP contribution >= 0.6 is 0 Å². The van der Waals surface area contributed by atoms with Gasteiger partial charge in [-0.3, -0.25) is 4.79 Å². The Morgan fingerprint density at radius 3 is 2.64 bits per heavy atom. The quantitative estimate of drug-likeness (QED) is 0.840. The van der Waals surface area contributed by atoms with Crippen LogP contribution in [0, 0.1) is 17.6 Å². The first-order chi connectivity index (χ1) is 11.8. The normalized spacial score (nSPS) is 14.4. The fourth-order valence-electron chi connectivity index (χ4n) is 2.92. The second-order valence-electron chi connectivity index (χ2n) is 6.89. The van der Waals surface area contributed by atoms with E-state index >= 15 is 4.39 Å². The van der Waals surface area contributed by atoms with Gasteiger partial charge in [-0.05, 0) is 31.4 Å². The van der Waals surface area contributed by atoms with Crippen LogP contribution < -0.4 is 10.7 Å². The van der Waals surface area contributed by atoms with Crippen molar-refractivity contribution in [1.82, 2.24) is 9.88 Å². The lowest BCUT2D eigenvalue weighted by Crippen LogP contribution is -2.23. The minimum absolute atomic E-state index is 0.00528. The summed E-state index contributed by atoms with van der Waals surface area (Å²) < 4.78 is 30.9. The van der Waals surface area contributed by atoms with Gasteiger partial charge in [0, 0.05) is 24.3 Å². The molecular weight excluding hydrogens is 330 g/mol. The topological polar surface area (TPSA) is 71.3 Å². The van der Waals surface area contributed by atoms with E-state index in [1.807, 2.05) is 13.8 Å². The van der Waals surface area contributed by atoms with E-state index in [-0.39, 0.29) is 29.1 Å². The maximum Gasteiger partial charge on any atom is 0.341 e. The zero-order chi connectivity index (χ0) is 18.3. The molecule has 1 fully saturated rings. The molecule has 1 aliphatic carbocycles. The van der Waals surface area contributed by atoms with Crippen molar-refractivity contribution < 1.29 is 18.7 Å². The second kappa shape index (κ2) is 6.55. The number of hydrogen-bond acceptors (Lipinski definition) is 3. The van der Waals surface area contributed by atoms with Gasteiger partial charge in [-0.15, -0.1) is 0 Å². The van der Waals surface area contributed by atoms with Crippen molar-refractivity contribution in [1.29, 1.82) is 0 Å². The highest BCUT2D eigenvalue weighted by Gasteiger charge is 2.29. The average Bonchev–Trinajstić information content (AvgIpc) is 3.35. The highest BCUT2D eigenvalue weighted by molar-refractivity contribution is 5.93. The monoisotopic (exact) mass is 350 g/mol. The molecule has 134 valence electrons. The van der Waals surface area contributed by atoms with Gasteiger partial charge in [0.2, 0.25) is 5.43 Å². The van der Waals surface area contributed by atoms with Crippen LogP contribution in [-0.4, -0.2) is 22.2 Å². The summed E-state index contributed by atoms with van der Waals surface area (Å²) in [5.74, 6) is -2.71. The zero-order valence-corrected chi connectivity index (χ0v) is 14.1. The highest BCUT2D eigenvalue weighted by Crippen LogP contribution is 2.38. The summed E-state index contributed by atoms with van der Waals surface area (Å²) in [7, 11) is 0. The SMILES string of the molecule is CC(C)CNCc1c(F)cc2c(=O)c(C(=O)O)cn(C3CC3)c2c1F. The van der Waals surface area contributed by atoms with Crippen LogP contribution in [0.4, 0.5) is 8.78 Å². The van der Waals surface area contributed by atoms with Gasteiger partial charge < -0.3 is 15.0 Å². The average molecular weight is 350 g/mol. The van der Waals surface area contributed by atoms with E-state index < -0.39 is 28.6 Å². The summed E-state index contributed by atoms with van der Waals surface area (Å²) in [5.41, 5.74) is -1.48. The van der Waals surface area contributed by atoms with Crippen molar-refractivity contribution in [2.75, 3.05) is 6.54 Å². The molecule has 0 atom stereocenters. The van der Waals surface area contributed by atoms with E-state index in [1.165, 1.54) is 10.8 Å². The number of nitrogens with zero attached hydrogens (tertiary/aromatic N) is 1. The Morgan fingerprint density at radius 2 is 2.08 bits per heavy atom. The lowest BCUT2D eigenvalue weighted by atomic mass is 10.1. The standard InChI is InChI=1S/C18H20F2N2O3/c1-9(2)6-21-7-12-14(19)5-11-16(15(12)20)22(10-3-4-10)8-13(17(11)23)18(24)25/h5,8-10,21H,3-4,6-7H2,1-2H3,(H,24,25). The molecule has 1 saturated carbocycles. The van der Waals surface area contributed by atoms with Gasteiger partial charge in [-0.25, -0.2) is 13.6 Å². The molecule has 2 aromatic rings. The molecule has 0 amide bonds. The summed E-state index contributed by atoms with van der Waals surface area (Å²) in [6.45, 7) is 4.58. The molecule has 0 radical (unpaired) electrons. The maximum absolute atomic E-state index is 15.0.